The van der Waals surface area contributed by atoms with Crippen molar-refractivity contribution < 1.29 is 0 Å². The second-order valence-corrected chi connectivity index (χ2v) is 3.31. The Morgan fingerprint density at radius 1 is 1.31 bits per heavy atom. The van der Waals surface area contributed by atoms with Gasteiger partial charge in [0.05, 0.1) is 5.69 Å². The molecule has 3 heteroatoms. The molecule has 0 spiro atoms. The lowest BCUT2D eigenvalue weighted by Crippen LogP contribution is -2.35. The first-order valence-electron chi connectivity index (χ1n) is 5.90. The minimum atomic E-state index is 0.783. The van der Waals surface area contributed by atoms with Crippen molar-refractivity contribution in [3.05, 3.63) is 41.7 Å². The highest BCUT2D eigenvalue weighted by Crippen LogP contribution is 2.22. The highest BCUT2D eigenvalue weighted by atomic mass is 15.5. The van der Waals surface area contributed by atoms with E-state index in [0.717, 1.165) is 24.5 Å². The second-order valence-electron chi connectivity index (χ2n) is 3.31. The van der Waals surface area contributed by atoms with Crippen molar-refractivity contribution in [1.82, 2.24) is 5.43 Å². The molecule has 1 aromatic carbocycles. The molecule has 0 radical (unpaired) electrons. The summed E-state index contributed by atoms with van der Waals surface area (Å²) in [6.45, 7) is 6.96. The SMILES string of the molecule is CC.CCc1ccccc1N1NCC=C1N. The Labute approximate surface area is 97.9 Å². The molecule has 0 saturated heterocycles. The number of hydrazine groups is 1. The van der Waals surface area contributed by atoms with Gasteiger partial charge in [-0.05, 0) is 24.1 Å². The molecule has 0 aliphatic carbocycles. The largest absolute Gasteiger partial charge is 0.384 e. The van der Waals surface area contributed by atoms with E-state index >= 15 is 0 Å². The molecule has 0 fully saturated rings. The van der Waals surface area contributed by atoms with Crippen LogP contribution in [0.4, 0.5) is 5.69 Å². The van der Waals surface area contributed by atoms with E-state index in [4.69, 9.17) is 5.73 Å². The third-order valence-electron chi connectivity index (χ3n) is 2.43. The van der Waals surface area contributed by atoms with Gasteiger partial charge in [-0.1, -0.05) is 39.0 Å². The fraction of sp³-hybridized carbons (Fsp3) is 0.385. The van der Waals surface area contributed by atoms with Crippen LogP contribution in [0.15, 0.2) is 36.2 Å². The number of nitrogens with zero attached hydrogens (tertiary/aromatic N) is 1. The van der Waals surface area contributed by atoms with Gasteiger partial charge in [-0.25, -0.2) is 5.43 Å². The summed E-state index contributed by atoms with van der Waals surface area (Å²) in [6, 6.07) is 8.29. The zero-order valence-corrected chi connectivity index (χ0v) is 10.3. The summed E-state index contributed by atoms with van der Waals surface area (Å²) >= 11 is 0. The van der Waals surface area contributed by atoms with Gasteiger partial charge in [-0.15, -0.1) is 0 Å². The zero-order valence-electron chi connectivity index (χ0n) is 10.3. The van der Waals surface area contributed by atoms with Gasteiger partial charge < -0.3 is 5.73 Å². The van der Waals surface area contributed by atoms with E-state index in [-0.39, 0.29) is 0 Å². The van der Waals surface area contributed by atoms with E-state index in [1.807, 2.05) is 31.0 Å². The van der Waals surface area contributed by atoms with E-state index in [9.17, 15) is 0 Å². The molecule has 0 aromatic heterocycles. The second kappa shape index (κ2) is 6.18. The van der Waals surface area contributed by atoms with Crippen molar-refractivity contribution >= 4 is 5.69 Å². The molecular weight excluding hydrogens is 198 g/mol. The van der Waals surface area contributed by atoms with Crippen LogP contribution in [-0.2, 0) is 6.42 Å². The van der Waals surface area contributed by atoms with Crippen molar-refractivity contribution in [2.24, 2.45) is 5.73 Å². The first-order chi connectivity index (χ1) is 7.83. The molecule has 88 valence electrons. The number of nitrogens with two attached hydrogens (primary N) is 1. The normalized spacial score (nSPS) is 14.2. The Morgan fingerprint density at radius 2 is 2.00 bits per heavy atom. The third kappa shape index (κ3) is 2.55. The molecule has 16 heavy (non-hydrogen) atoms. The predicted molar refractivity (Wildman–Crippen MR) is 69.9 cm³/mol. The van der Waals surface area contributed by atoms with Gasteiger partial charge in [0.2, 0.25) is 0 Å². The lowest BCUT2D eigenvalue weighted by molar-refractivity contribution is 0.781. The lowest BCUT2D eigenvalue weighted by atomic mass is 10.1. The highest BCUT2D eigenvalue weighted by Gasteiger charge is 2.15. The Balaban J connectivity index is 0.000000606. The number of hydrogen-bond donors (Lipinski definition) is 2. The molecule has 0 unspecified atom stereocenters. The Bertz CT molecular complexity index is 358. The van der Waals surface area contributed by atoms with Gasteiger partial charge in [-0.2, -0.15) is 0 Å². The van der Waals surface area contributed by atoms with E-state index < -0.39 is 0 Å². The Morgan fingerprint density at radius 3 is 2.56 bits per heavy atom. The molecule has 1 aromatic rings. The number of nitrogens with one attached hydrogen (secondary N) is 1. The van der Waals surface area contributed by atoms with Crippen molar-refractivity contribution in [2.75, 3.05) is 11.6 Å². The number of aryl methyl sites for hydroxylation is 1. The first-order valence-corrected chi connectivity index (χ1v) is 5.90. The molecule has 2 rings (SSSR count). The quantitative estimate of drug-likeness (QED) is 0.802. The van der Waals surface area contributed by atoms with Gasteiger partial charge in [0.25, 0.3) is 0 Å². The first kappa shape index (κ1) is 12.6. The standard InChI is InChI=1S/C11H15N3.C2H6/c1-2-9-5-3-4-6-10(9)14-11(12)7-8-13-14;1-2/h3-7,13H,2,8,12H2,1H3;1-2H3. The monoisotopic (exact) mass is 219 g/mol. The van der Waals surface area contributed by atoms with Crippen LogP contribution in [0.5, 0.6) is 0 Å². The lowest BCUT2D eigenvalue weighted by Gasteiger charge is -2.22. The number of anilines is 1. The van der Waals surface area contributed by atoms with Gasteiger partial charge in [-0.3, -0.25) is 5.01 Å². The van der Waals surface area contributed by atoms with E-state index in [1.165, 1.54) is 5.56 Å². The van der Waals surface area contributed by atoms with Crippen molar-refractivity contribution in [2.45, 2.75) is 27.2 Å². The van der Waals surface area contributed by atoms with Crippen LogP contribution >= 0.6 is 0 Å². The van der Waals surface area contributed by atoms with Gasteiger partial charge in [0, 0.05) is 6.54 Å². The average Bonchev–Trinajstić information content (AvgIpc) is 2.78. The molecule has 0 amide bonds. The highest BCUT2D eigenvalue weighted by molar-refractivity contribution is 5.57. The van der Waals surface area contributed by atoms with Crippen LogP contribution in [0, 0.1) is 0 Å². The van der Waals surface area contributed by atoms with Crippen molar-refractivity contribution in [1.29, 1.82) is 0 Å². The van der Waals surface area contributed by atoms with Crippen LogP contribution in [0.25, 0.3) is 0 Å². The summed E-state index contributed by atoms with van der Waals surface area (Å²) in [7, 11) is 0. The van der Waals surface area contributed by atoms with Crippen molar-refractivity contribution in [3.8, 4) is 0 Å². The summed E-state index contributed by atoms with van der Waals surface area (Å²) in [6.07, 6.45) is 2.99. The summed E-state index contributed by atoms with van der Waals surface area (Å²) in [5.41, 5.74) is 11.5. The van der Waals surface area contributed by atoms with E-state index in [2.05, 4.69) is 30.5 Å². The van der Waals surface area contributed by atoms with Gasteiger partial charge in [0.1, 0.15) is 5.82 Å². The molecule has 0 atom stereocenters. The molecule has 0 saturated carbocycles. The molecule has 3 N–H and O–H groups in total. The summed E-state index contributed by atoms with van der Waals surface area (Å²) in [5.74, 6) is 0.783. The summed E-state index contributed by atoms with van der Waals surface area (Å²) in [5, 5.41) is 1.94. The number of benzene rings is 1. The molecule has 1 aliphatic rings. The maximum atomic E-state index is 5.86. The molecular formula is C13H21N3. The topological polar surface area (TPSA) is 41.3 Å². The van der Waals surface area contributed by atoms with Crippen LogP contribution in [0.1, 0.15) is 26.3 Å². The number of rotatable bonds is 2. The summed E-state index contributed by atoms with van der Waals surface area (Å²) in [4.78, 5) is 0. The molecule has 1 heterocycles. The van der Waals surface area contributed by atoms with E-state index in [0.29, 0.717) is 0 Å². The average molecular weight is 219 g/mol. The fourth-order valence-corrected chi connectivity index (χ4v) is 1.68. The maximum absolute atomic E-state index is 5.86. The number of para-hydroxylation sites is 1. The minimum Gasteiger partial charge on any atom is -0.384 e. The zero-order chi connectivity index (χ0) is 12.0. The van der Waals surface area contributed by atoms with Gasteiger partial charge >= 0.3 is 0 Å². The fourth-order valence-electron chi connectivity index (χ4n) is 1.68. The maximum Gasteiger partial charge on any atom is 0.115 e. The molecule has 1 aliphatic heterocycles. The Kier molecular flexibility index (Phi) is 4.86. The van der Waals surface area contributed by atoms with Crippen LogP contribution in [0.3, 0.4) is 0 Å². The smallest absolute Gasteiger partial charge is 0.115 e. The minimum absolute atomic E-state index is 0.783. The van der Waals surface area contributed by atoms with E-state index in [1.54, 1.807) is 0 Å². The molecule has 0 bridgehead atoms. The predicted octanol–water partition coefficient (Wildman–Crippen LogP) is 2.40. The third-order valence-corrected chi connectivity index (χ3v) is 2.43. The van der Waals surface area contributed by atoms with Crippen LogP contribution < -0.4 is 16.2 Å². The van der Waals surface area contributed by atoms with Crippen LogP contribution in [-0.4, -0.2) is 6.54 Å². The van der Waals surface area contributed by atoms with Crippen LogP contribution in [0.2, 0.25) is 0 Å². The van der Waals surface area contributed by atoms with Gasteiger partial charge in [0.15, 0.2) is 0 Å². The van der Waals surface area contributed by atoms with Crippen molar-refractivity contribution in [3.63, 3.8) is 0 Å². The Hall–Kier alpha value is -1.48. The number of hydrogen-bond acceptors (Lipinski definition) is 3. The molecule has 3 nitrogen and oxygen atoms in total. The summed E-state index contributed by atoms with van der Waals surface area (Å²) < 4.78 is 0.